The number of likely N-dealkylation sites (tertiary alicyclic amines) is 1. The van der Waals surface area contributed by atoms with Crippen molar-refractivity contribution >= 4 is 28.7 Å². The van der Waals surface area contributed by atoms with Crippen LogP contribution in [0, 0.1) is 0 Å². The fourth-order valence-corrected chi connectivity index (χ4v) is 3.61. The molecule has 21 heavy (non-hydrogen) atoms. The quantitative estimate of drug-likeness (QED) is 0.802. The molecule has 1 aromatic heterocycles. The summed E-state index contributed by atoms with van der Waals surface area (Å²) in [6, 6.07) is 0. The molecule has 2 aliphatic rings. The number of nitrogens with one attached hydrogen (secondary N) is 1. The van der Waals surface area contributed by atoms with Crippen molar-refractivity contribution in [2.24, 2.45) is 0 Å². The van der Waals surface area contributed by atoms with Crippen LogP contribution in [0.1, 0.15) is 23.4 Å². The summed E-state index contributed by atoms with van der Waals surface area (Å²) < 4.78 is 4.78. The van der Waals surface area contributed by atoms with E-state index in [0.717, 1.165) is 42.9 Å². The zero-order valence-electron chi connectivity index (χ0n) is 11.9. The molecule has 3 heterocycles. The molecule has 0 aliphatic carbocycles. The summed E-state index contributed by atoms with van der Waals surface area (Å²) in [6.45, 7) is 3.12. The Balaban J connectivity index is 1.56. The second-order valence-electron chi connectivity index (χ2n) is 5.35. The molecule has 8 heteroatoms. The van der Waals surface area contributed by atoms with Gasteiger partial charge in [0.25, 0.3) is 0 Å². The summed E-state index contributed by atoms with van der Waals surface area (Å²) in [5, 5.41) is 3.04. The predicted molar refractivity (Wildman–Crippen MR) is 78.5 cm³/mol. The number of hydrogen-bond acceptors (Lipinski definition) is 6. The number of rotatable bonds is 1. The van der Waals surface area contributed by atoms with Crippen LogP contribution in [0.5, 0.6) is 0 Å². The lowest BCUT2D eigenvalue weighted by atomic mass is 10.2. The van der Waals surface area contributed by atoms with Gasteiger partial charge in [0.15, 0.2) is 5.13 Å². The molecule has 2 aliphatic heterocycles. The van der Waals surface area contributed by atoms with Crippen molar-refractivity contribution in [2.45, 2.75) is 25.8 Å². The van der Waals surface area contributed by atoms with Crippen LogP contribution >= 0.6 is 11.3 Å². The minimum absolute atomic E-state index is 0.495. The molecular weight excluding hydrogens is 292 g/mol. The van der Waals surface area contributed by atoms with E-state index < -0.39 is 12.2 Å². The number of anilines is 1. The molecule has 114 valence electrons. The highest BCUT2D eigenvalue weighted by molar-refractivity contribution is 7.15. The maximum absolute atomic E-state index is 11.7. The van der Waals surface area contributed by atoms with Gasteiger partial charge in [-0.15, -0.1) is 0 Å². The summed E-state index contributed by atoms with van der Waals surface area (Å²) in [5.74, 6) is 0. The van der Waals surface area contributed by atoms with Crippen LogP contribution < -0.4 is 5.32 Å². The SMILES string of the molecule is CN1CCc2nc(NC(=O)OC(=O)N3CCCC3)sc2C1. The Morgan fingerprint density at radius 2 is 2.05 bits per heavy atom. The minimum Gasteiger partial charge on any atom is -0.359 e. The first-order valence-corrected chi connectivity index (χ1v) is 7.88. The Kier molecular flexibility index (Phi) is 4.07. The standard InChI is InChI=1S/C13H18N4O3S/c1-16-7-4-9-10(8-16)21-11(14-9)15-12(18)20-13(19)17-5-2-3-6-17/h2-8H2,1H3,(H,14,15,18). The van der Waals surface area contributed by atoms with Crippen LogP contribution in [-0.4, -0.2) is 53.7 Å². The summed E-state index contributed by atoms with van der Waals surface area (Å²) >= 11 is 1.44. The number of fused-ring (bicyclic) bond motifs is 1. The molecule has 0 bridgehead atoms. The number of ether oxygens (including phenoxy) is 1. The van der Waals surface area contributed by atoms with Crippen molar-refractivity contribution < 1.29 is 14.3 Å². The smallest absolute Gasteiger partial charge is 0.359 e. The molecule has 0 unspecified atom stereocenters. The molecule has 3 rings (SSSR count). The van der Waals surface area contributed by atoms with Gasteiger partial charge in [0.2, 0.25) is 0 Å². The molecule has 0 saturated carbocycles. The van der Waals surface area contributed by atoms with Gasteiger partial charge in [-0.3, -0.25) is 5.32 Å². The van der Waals surface area contributed by atoms with E-state index in [-0.39, 0.29) is 0 Å². The van der Waals surface area contributed by atoms with E-state index in [2.05, 4.69) is 22.2 Å². The average Bonchev–Trinajstić information content (AvgIpc) is 3.06. The number of nitrogens with zero attached hydrogens (tertiary/aromatic N) is 3. The van der Waals surface area contributed by atoms with E-state index in [1.54, 1.807) is 4.90 Å². The van der Waals surface area contributed by atoms with E-state index in [1.165, 1.54) is 11.3 Å². The second-order valence-corrected chi connectivity index (χ2v) is 6.43. The van der Waals surface area contributed by atoms with E-state index in [1.807, 2.05) is 0 Å². The van der Waals surface area contributed by atoms with Crippen LogP contribution in [-0.2, 0) is 17.7 Å². The molecule has 1 fully saturated rings. The molecule has 2 amide bonds. The lowest BCUT2D eigenvalue weighted by Crippen LogP contribution is -2.31. The van der Waals surface area contributed by atoms with Crippen molar-refractivity contribution in [3.63, 3.8) is 0 Å². The maximum Gasteiger partial charge on any atom is 0.422 e. The Morgan fingerprint density at radius 3 is 2.81 bits per heavy atom. The van der Waals surface area contributed by atoms with Crippen molar-refractivity contribution in [3.05, 3.63) is 10.6 Å². The number of likely N-dealkylation sites (N-methyl/N-ethyl adjacent to an activating group) is 1. The third-order valence-electron chi connectivity index (χ3n) is 3.68. The van der Waals surface area contributed by atoms with E-state index >= 15 is 0 Å². The summed E-state index contributed by atoms with van der Waals surface area (Å²) in [7, 11) is 2.05. The molecule has 1 N–H and O–H groups in total. The number of carbonyl (C=O) groups excluding carboxylic acids is 2. The van der Waals surface area contributed by atoms with Gasteiger partial charge in [-0.25, -0.2) is 14.6 Å². The predicted octanol–water partition coefficient (Wildman–Crippen LogP) is 1.90. The Labute approximate surface area is 126 Å². The average molecular weight is 310 g/mol. The van der Waals surface area contributed by atoms with E-state index in [9.17, 15) is 9.59 Å². The van der Waals surface area contributed by atoms with Gasteiger partial charge >= 0.3 is 12.2 Å². The Morgan fingerprint density at radius 1 is 1.29 bits per heavy atom. The van der Waals surface area contributed by atoms with E-state index in [4.69, 9.17) is 4.74 Å². The van der Waals surface area contributed by atoms with Crippen molar-refractivity contribution in [2.75, 3.05) is 32.0 Å². The highest BCUT2D eigenvalue weighted by Crippen LogP contribution is 2.27. The van der Waals surface area contributed by atoms with Gasteiger partial charge in [0.1, 0.15) is 0 Å². The second kappa shape index (κ2) is 5.98. The minimum atomic E-state index is -0.758. The monoisotopic (exact) mass is 310 g/mol. The van der Waals surface area contributed by atoms with Gasteiger partial charge in [-0.05, 0) is 19.9 Å². The molecule has 1 saturated heterocycles. The Hall–Kier alpha value is -1.67. The normalized spacial score (nSPS) is 18.4. The van der Waals surface area contributed by atoms with Crippen LogP contribution in [0.3, 0.4) is 0 Å². The van der Waals surface area contributed by atoms with E-state index in [0.29, 0.717) is 18.2 Å². The van der Waals surface area contributed by atoms with Crippen molar-refractivity contribution in [1.29, 1.82) is 0 Å². The first-order chi connectivity index (χ1) is 10.1. The van der Waals surface area contributed by atoms with Crippen LogP contribution in [0.25, 0.3) is 0 Å². The number of amides is 2. The highest BCUT2D eigenvalue weighted by atomic mass is 32.1. The lowest BCUT2D eigenvalue weighted by Gasteiger charge is -2.20. The highest BCUT2D eigenvalue weighted by Gasteiger charge is 2.23. The number of aromatic nitrogens is 1. The van der Waals surface area contributed by atoms with Crippen LogP contribution in [0.15, 0.2) is 0 Å². The zero-order valence-corrected chi connectivity index (χ0v) is 12.7. The summed E-state index contributed by atoms with van der Waals surface area (Å²) in [6.07, 6.45) is 1.47. The van der Waals surface area contributed by atoms with Crippen LogP contribution in [0.2, 0.25) is 0 Å². The lowest BCUT2D eigenvalue weighted by molar-refractivity contribution is 0.132. The number of hydrogen-bond donors (Lipinski definition) is 1. The van der Waals surface area contributed by atoms with Gasteiger partial charge in [-0.1, -0.05) is 11.3 Å². The molecule has 0 atom stereocenters. The fourth-order valence-electron chi connectivity index (χ4n) is 2.53. The third-order valence-corrected chi connectivity index (χ3v) is 4.67. The molecule has 0 radical (unpaired) electrons. The molecule has 1 aromatic rings. The summed E-state index contributed by atoms with van der Waals surface area (Å²) in [4.78, 5) is 32.7. The number of thiazole rings is 1. The van der Waals surface area contributed by atoms with Gasteiger partial charge in [0.05, 0.1) is 5.69 Å². The van der Waals surface area contributed by atoms with Crippen molar-refractivity contribution in [3.8, 4) is 0 Å². The van der Waals surface area contributed by atoms with Crippen molar-refractivity contribution in [1.82, 2.24) is 14.8 Å². The molecular formula is C13H18N4O3S. The third kappa shape index (κ3) is 3.33. The first kappa shape index (κ1) is 14.3. The van der Waals surface area contributed by atoms with Gasteiger partial charge < -0.3 is 14.5 Å². The van der Waals surface area contributed by atoms with Crippen LogP contribution in [0.4, 0.5) is 14.7 Å². The Bertz CT molecular complexity index is 554. The topological polar surface area (TPSA) is 74.8 Å². The molecule has 7 nitrogen and oxygen atoms in total. The fraction of sp³-hybridized carbons (Fsp3) is 0.615. The number of carbonyl (C=O) groups is 2. The van der Waals surface area contributed by atoms with Gasteiger partial charge in [0, 0.05) is 37.5 Å². The van der Waals surface area contributed by atoms with Gasteiger partial charge in [-0.2, -0.15) is 0 Å². The molecule has 0 spiro atoms. The first-order valence-electron chi connectivity index (χ1n) is 7.06. The molecule has 0 aromatic carbocycles. The summed E-state index contributed by atoms with van der Waals surface area (Å²) in [5.41, 5.74) is 1.03. The maximum atomic E-state index is 11.7. The zero-order chi connectivity index (χ0) is 14.8. The largest absolute Gasteiger partial charge is 0.422 e.